The molecular weight excluding hydrogens is 324 g/mol. The lowest BCUT2D eigenvalue weighted by Gasteiger charge is -2.66. The van der Waals surface area contributed by atoms with E-state index in [1.807, 2.05) is 0 Å². The summed E-state index contributed by atoms with van der Waals surface area (Å²) in [6.07, 6.45) is 8.07. The average Bonchev–Trinajstić information content (AvgIpc) is 2.77. The number of rotatable bonds is 0. The van der Waals surface area contributed by atoms with Crippen LogP contribution in [-0.4, -0.2) is 32.4 Å². The SMILES string of the molecule is C[C@]12CC[C@H]3[C@@H](CC[C@@]4(S)C[C@@H](O)C[C@@H](S)[C@]34C)[C@@H]1CC[C@H]2O. The van der Waals surface area contributed by atoms with Crippen molar-refractivity contribution in [3.05, 3.63) is 0 Å². The molecular formula is C19H32O2S2. The Bertz CT molecular complexity index is 500. The first-order valence-electron chi connectivity index (χ1n) is 9.49. The zero-order chi connectivity index (χ0) is 16.6. The maximum absolute atomic E-state index is 10.5. The number of aliphatic hydroxyl groups excluding tert-OH is 2. The van der Waals surface area contributed by atoms with Gasteiger partial charge in [-0.25, -0.2) is 0 Å². The van der Waals surface area contributed by atoms with Gasteiger partial charge in [0.25, 0.3) is 0 Å². The van der Waals surface area contributed by atoms with Gasteiger partial charge in [0.2, 0.25) is 0 Å². The Morgan fingerprint density at radius 3 is 2.43 bits per heavy atom. The summed E-state index contributed by atoms with van der Waals surface area (Å²) in [5.41, 5.74) is 0.227. The predicted molar refractivity (Wildman–Crippen MR) is 100 cm³/mol. The van der Waals surface area contributed by atoms with Crippen LogP contribution in [0.3, 0.4) is 0 Å². The zero-order valence-electron chi connectivity index (χ0n) is 14.4. The van der Waals surface area contributed by atoms with Gasteiger partial charge >= 0.3 is 0 Å². The molecule has 2 N–H and O–H groups in total. The van der Waals surface area contributed by atoms with E-state index in [0.717, 1.165) is 32.1 Å². The van der Waals surface area contributed by atoms with E-state index in [2.05, 4.69) is 13.8 Å². The Morgan fingerprint density at radius 1 is 0.957 bits per heavy atom. The highest BCUT2D eigenvalue weighted by Gasteiger charge is 2.65. The molecule has 0 bridgehead atoms. The van der Waals surface area contributed by atoms with Crippen LogP contribution in [0.25, 0.3) is 0 Å². The van der Waals surface area contributed by atoms with Gasteiger partial charge in [-0.05, 0) is 80.0 Å². The van der Waals surface area contributed by atoms with E-state index in [4.69, 9.17) is 25.3 Å². The molecule has 0 radical (unpaired) electrons. The zero-order valence-corrected chi connectivity index (χ0v) is 16.2. The molecule has 23 heavy (non-hydrogen) atoms. The summed E-state index contributed by atoms with van der Waals surface area (Å²) in [6, 6.07) is 0. The van der Waals surface area contributed by atoms with Crippen LogP contribution >= 0.6 is 25.3 Å². The summed E-state index contributed by atoms with van der Waals surface area (Å²) in [5, 5.41) is 21.1. The first-order chi connectivity index (χ1) is 10.7. The third-order valence-electron chi connectivity index (χ3n) is 8.81. The molecule has 0 aromatic rings. The van der Waals surface area contributed by atoms with Crippen molar-refractivity contribution in [3.63, 3.8) is 0 Å². The predicted octanol–water partition coefficient (Wildman–Crippen LogP) is 3.71. The lowest BCUT2D eigenvalue weighted by molar-refractivity contribution is -0.118. The molecule has 0 spiro atoms. The highest BCUT2D eigenvalue weighted by atomic mass is 32.1. The summed E-state index contributed by atoms with van der Waals surface area (Å²) in [7, 11) is 0. The van der Waals surface area contributed by atoms with E-state index in [1.165, 1.54) is 19.3 Å². The molecule has 0 aliphatic heterocycles. The Labute approximate surface area is 151 Å². The first-order valence-corrected chi connectivity index (χ1v) is 10.5. The summed E-state index contributed by atoms with van der Waals surface area (Å²) in [6.45, 7) is 4.74. The normalized spacial score (nSPS) is 62.3. The molecule has 4 saturated carbocycles. The smallest absolute Gasteiger partial charge is 0.0596 e. The van der Waals surface area contributed by atoms with Gasteiger partial charge in [-0.15, -0.1) is 0 Å². The number of aliphatic hydroxyl groups is 2. The van der Waals surface area contributed by atoms with Gasteiger partial charge in [-0.3, -0.25) is 0 Å². The summed E-state index contributed by atoms with van der Waals surface area (Å²) >= 11 is 10.2. The van der Waals surface area contributed by atoms with Crippen LogP contribution in [0.1, 0.15) is 65.2 Å². The average molecular weight is 357 g/mol. The van der Waals surface area contributed by atoms with Gasteiger partial charge < -0.3 is 10.2 Å². The maximum atomic E-state index is 10.5. The van der Waals surface area contributed by atoms with Crippen LogP contribution in [0.15, 0.2) is 0 Å². The highest BCUT2D eigenvalue weighted by Crippen LogP contribution is 2.69. The molecule has 132 valence electrons. The van der Waals surface area contributed by atoms with Gasteiger partial charge in [-0.2, -0.15) is 25.3 Å². The molecule has 0 aromatic carbocycles. The molecule has 4 fully saturated rings. The van der Waals surface area contributed by atoms with Gasteiger partial charge in [0, 0.05) is 10.00 Å². The minimum atomic E-state index is -0.248. The third-order valence-corrected chi connectivity index (χ3v) is 10.4. The Hall–Kier alpha value is 0.620. The summed E-state index contributed by atoms with van der Waals surface area (Å²) in [5.74, 6) is 2.02. The first kappa shape index (κ1) is 17.1. The molecule has 4 aliphatic rings. The molecule has 4 rings (SSSR count). The second-order valence-electron chi connectivity index (χ2n) is 9.48. The van der Waals surface area contributed by atoms with Crippen LogP contribution in [0.2, 0.25) is 0 Å². The molecule has 9 atom stereocenters. The van der Waals surface area contributed by atoms with Crippen LogP contribution in [-0.2, 0) is 0 Å². The van der Waals surface area contributed by atoms with Crippen molar-refractivity contribution in [2.45, 2.75) is 87.4 Å². The molecule has 0 saturated heterocycles. The fourth-order valence-corrected chi connectivity index (χ4v) is 8.73. The van der Waals surface area contributed by atoms with Crippen molar-refractivity contribution in [2.75, 3.05) is 0 Å². The lowest BCUT2D eigenvalue weighted by atomic mass is 9.44. The standard InChI is InChI=1S/C19H32O2S2/c1-17-7-6-14-12(13(17)3-4-15(17)21)5-8-19(23)10-11(20)9-16(22)18(14,19)2/h11-16,20-23H,3-10H2,1-2H3/t11-,12-,13-,14-,15+,16+,17-,18-,19+/m0/s1. The van der Waals surface area contributed by atoms with Crippen molar-refractivity contribution in [1.82, 2.24) is 0 Å². The van der Waals surface area contributed by atoms with Gasteiger partial charge in [0.05, 0.1) is 12.2 Å². The second kappa shape index (κ2) is 5.31. The van der Waals surface area contributed by atoms with Crippen LogP contribution in [0.5, 0.6) is 0 Å². The van der Waals surface area contributed by atoms with Crippen molar-refractivity contribution < 1.29 is 10.2 Å². The van der Waals surface area contributed by atoms with E-state index in [0.29, 0.717) is 17.8 Å². The third kappa shape index (κ3) is 2.10. The highest BCUT2D eigenvalue weighted by molar-refractivity contribution is 7.82. The fourth-order valence-electron chi connectivity index (χ4n) is 7.28. The van der Waals surface area contributed by atoms with E-state index in [1.54, 1.807) is 0 Å². The van der Waals surface area contributed by atoms with Crippen LogP contribution < -0.4 is 0 Å². The lowest BCUT2D eigenvalue weighted by Crippen LogP contribution is -2.64. The van der Waals surface area contributed by atoms with Crippen molar-refractivity contribution in [3.8, 4) is 0 Å². The maximum Gasteiger partial charge on any atom is 0.0596 e. The Balaban J connectivity index is 1.70. The quantitative estimate of drug-likeness (QED) is 0.500. The molecule has 0 heterocycles. The second-order valence-corrected chi connectivity index (χ2v) is 11.0. The number of hydrogen-bond donors (Lipinski definition) is 4. The molecule has 2 nitrogen and oxygen atoms in total. The van der Waals surface area contributed by atoms with E-state index < -0.39 is 0 Å². The van der Waals surface area contributed by atoms with Gasteiger partial charge in [-0.1, -0.05) is 13.8 Å². The summed E-state index contributed by atoms with van der Waals surface area (Å²) < 4.78 is -0.0801. The van der Waals surface area contributed by atoms with Crippen molar-refractivity contribution >= 4 is 25.3 Å². The number of thiol groups is 2. The Morgan fingerprint density at radius 2 is 1.70 bits per heavy atom. The van der Waals surface area contributed by atoms with Crippen LogP contribution in [0.4, 0.5) is 0 Å². The van der Waals surface area contributed by atoms with Gasteiger partial charge in [0.15, 0.2) is 0 Å². The number of fused-ring (bicyclic) bond motifs is 5. The van der Waals surface area contributed by atoms with E-state index >= 15 is 0 Å². The number of hydrogen-bond acceptors (Lipinski definition) is 4. The molecule has 4 heteroatoms. The molecule has 4 aliphatic carbocycles. The van der Waals surface area contributed by atoms with Crippen molar-refractivity contribution in [2.24, 2.45) is 28.6 Å². The van der Waals surface area contributed by atoms with Crippen LogP contribution in [0, 0.1) is 28.6 Å². The monoisotopic (exact) mass is 356 g/mol. The summed E-state index contributed by atoms with van der Waals surface area (Å²) in [4.78, 5) is 0. The topological polar surface area (TPSA) is 40.5 Å². The van der Waals surface area contributed by atoms with Gasteiger partial charge in [0.1, 0.15) is 0 Å². The largest absolute Gasteiger partial charge is 0.393 e. The minimum absolute atomic E-state index is 0.0801. The molecule has 0 aromatic heterocycles. The van der Waals surface area contributed by atoms with Crippen molar-refractivity contribution in [1.29, 1.82) is 0 Å². The van der Waals surface area contributed by atoms with E-state index in [-0.39, 0.29) is 33.0 Å². The van der Waals surface area contributed by atoms with E-state index in [9.17, 15) is 10.2 Å². The minimum Gasteiger partial charge on any atom is -0.393 e. The molecule has 0 unspecified atom stereocenters. The fraction of sp³-hybridized carbons (Fsp3) is 1.00. The molecule has 0 amide bonds. The Kier molecular flexibility index (Phi) is 3.94.